The minimum atomic E-state index is -5.02. The number of allylic oxidation sites excluding steroid dienone is 1. The topological polar surface area (TPSA) is 113 Å². The molecule has 0 aromatic rings. The summed E-state index contributed by atoms with van der Waals surface area (Å²) in [6.07, 6.45) is 2.77. The SMILES string of the molecule is O=P(O)(O)OP(=O)(O)OC=CCCBr. The van der Waals surface area contributed by atoms with Gasteiger partial charge in [-0.3, -0.25) is 4.89 Å². The van der Waals surface area contributed by atoms with Gasteiger partial charge in [-0.15, -0.1) is 0 Å². The second-order valence-corrected chi connectivity index (χ2v) is 5.57. The van der Waals surface area contributed by atoms with Gasteiger partial charge in [0.1, 0.15) is 0 Å². The Morgan fingerprint density at radius 1 is 1.29 bits per heavy atom. The first-order valence-electron chi connectivity index (χ1n) is 3.26. The van der Waals surface area contributed by atoms with E-state index in [0.717, 1.165) is 6.26 Å². The molecule has 0 aromatic carbocycles. The first kappa shape index (κ1) is 14.3. The molecule has 10 heteroatoms. The van der Waals surface area contributed by atoms with E-state index < -0.39 is 15.6 Å². The molecule has 0 heterocycles. The lowest BCUT2D eigenvalue weighted by molar-refractivity contribution is 0.216. The lowest BCUT2D eigenvalue weighted by Gasteiger charge is -2.09. The van der Waals surface area contributed by atoms with Crippen LogP contribution in [0.15, 0.2) is 12.3 Å². The van der Waals surface area contributed by atoms with Gasteiger partial charge in [0.25, 0.3) is 0 Å². The van der Waals surface area contributed by atoms with Crippen LogP contribution in [0.1, 0.15) is 6.42 Å². The van der Waals surface area contributed by atoms with Crippen molar-refractivity contribution in [3.63, 3.8) is 0 Å². The molecule has 0 aliphatic carbocycles. The van der Waals surface area contributed by atoms with Gasteiger partial charge in [-0.25, -0.2) is 9.13 Å². The molecule has 0 aromatic heterocycles. The van der Waals surface area contributed by atoms with Crippen molar-refractivity contribution < 1.29 is 32.6 Å². The van der Waals surface area contributed by atoms with Gasteiger partial charge in [0, 0.05) is 5.33 Å². The average Bonchev–Trinajstić information content (AvgIpc) is 1.93. The highest BCUT2D eigenvalue weighted by Gasteiger charge is 2.32. The minimum Gasteiger partial charge on any atom is -0.412 e. The molecule has 3 N–H and O–H groups in total. The number of halogens is 1. The third-order valence-electron chi connectivity index (χ3n) is 0.776. The van der Waals surface area contributed by atoms with Crippen LogP contribution in [0.5, 0.6) is 0 Å². The van der Waals surface area contributed by atoms with Crippen LogP contribution < -0.4 is 0 Å². The van der Waals surface area contributed by atoms with Crippen LogP contribution in [-0.4, -0.2) is 20.0 Å². The second-order valence-electron chi connectivity index (χ2n) is 2.00. The summed E-state index contributed by atoms with van der Waals surface area (Å²) in [4.78, 5) is 25.1. The van der Waals surface area contributed by atoms with Gasteiger partial charge in [-0.2, -0.15) is 4.31 Å². The summed E-state index contributed by atoms with van der Waals surface area (Å²) in [6, 6.07) is 0. The molecular formula is C4H9BrO7P2. The van der Waals surface area contributed by atoms with Gasteiger partial charge >= 0.3 is 15.6 Å². The largest absolute Gasteiger partial charge is 0.535 e. The number of hydrogen-bond acceptors (Lipinski definition) is 4. The molecule has 0 amide bonds. The Labute approximate surface area is 88.7 Å². The van der Waals surface area contributed by atoms with Crippen molar-refractivity contribution in [2.24, 2.45) is 0 Å². The van der Waals surface area contributed by atoms with E-state index in [4.69, 9.17) is 14.7 Å². The first-order valence-corrected chi connectivity index (χ1v) is 7.40. The lowest BCUT2D eigenvalue weighted by Crippen LogP contribution is -1.88. The Bertz CT molecular complexity index is 283. The van der Waals surface area contributed by atoms with Gasteiger partial charge in [0.15, 0.2) is 0 Å². The average molecular weight is 311 g/mol. The number of phosphoric acid groups is 2. The quantitative estimate of drug-likeness (QED) is 0.387. The van der Waals surface area contributed by atoms with Gasteiger partial charge in [0.05, 0.1) is 6.26 Å². The van der Waals surface area contributed by atoms with Crippen molar-refractivity contribution in [1.82, 2.24) is 0 Å². The summed E-state index contributed by atoms with van der Waals surface area (Å²) in [6.45, 7) is 0. The molecule has 1 unspecified atom stereocenters. The van der Waals surface area contributed by atoms with Crippen LogP contribution in [0, 0.1) is 0 Å². The van der Waals surface area contributed by atoms with Crippen molar-refractivity contribution in [1.29, 1.82) is 0 Å². The zero-order valence-electron chi connectivity index (χ0n) is 6.82. The molecule has 0 saturated heterocycles. The van der Waals surface area contributed by atoms with E-state index >= 15 is 0 Å². The molecule has 1 atom stereocenters. The van der Waals surface area contributed by atoms with E-state index in [0.29, 0.717) is 11.8 Å². The molecule has 0 radical (unpaired) electrons. The normalized spacial score (nSPS) is 16.9. The number of phosphoric ester groups is 1. The van der Waals surface area contributed by atoms with Crippen molar-refractivity contribution in [2.45, 2.75) is 6.42 Å². The van der Waals surface area contributed by atoms with E-state index in [1.165, 1.54) is 6.08 Å². The molecule has 0 aliphatic rings. The van der Waals surface area contributed by atoms with E-state index in [1.807, 2.05) is 0 Å². The Morgan fingerprint density at radius 2 is 1.86 bits per heavy atom. The maximum absolute atomic E-state index is 10.7. The van der Waals surface area contributed by atoms with Gasteiger partial charge in [0.2, 0.25) is 0 Å². The zero-order valence-corrected chi connectivity index (χ0v) is 10.2. The fourth-order valence-corrected chi connectivity index (χ4v) is 2.14. The predicted octanol–water partition coefficient (Wildman–Crippen LogP) is 1.51. The smallest absolute Gasteiger partial charge is 0.412 e. The van der Waals surface area contributed by atoms with Crippen LogP contribution in [-0.2, 0) is 18.0 Å². The molecule has 0 bridgehead atoms. The molecule has 0 saturated carbocycles. The Kier molecular flexibility index (Phi) is 6.16. The minimum absolute atomic E-state index is 0.538. The number of alkyl halides is 1. The van der Waals surface area contributed by atoms with Crippen molar-refractivity contribution >= 4 is 31.6 Å². The van der Waals surface area contributed by atoms with Crippen LogP contribution in [0.4, 0.5) is 0 Å². The Hall–Kier alpha value is 0.320. The second kappa shape index (κ2) is 6.02. The van der Waals surface area contributed by atoms with Crippen molar-refractivity contribution in [3.05, 3.63) is 12.3 Å². The van der Waals surface area contributed by atoms with E-state index in [1.54, 1.807) is 0 Å². The van der Waals surface area contributed by atoms with Gasteiger partial charge in [-0.1, -0.05) is 15.9 Å². The first-order chi connectivity index (χ1) is 6.27. The maximum Gasteiger partial charge on any atom is 0.535 e. The van der Waals surface area contributed by atoms with Gasteiger partial charge < -0.3 is 14.3 Å². The van der Waals surface area contributed by atoms with Crippen molar-refractivity contribution in [3.8, 4) is 0 Å². The molecular weight excluding hydrogens is 302 g/mol. The van der Waals surface area contributed by atoms with E-state index in [-0.39, 0.29) is 0 Å². The highest BCUT2D eigenvalue weighted by molar-refractivity contribution is 9.09. The van der Waals surface area contributed by atoms with E-state index in [2.05, 4.69) is 24.8 Å². The molecule has 7 nitrogen and oxygen atoms in total. The summed E-state index contributed by atoms with van der Waals surface area (Å²) >= 11 is 3.08. The van der Waals surface area contributed by atoms with Crippen LogP contribution in [0.3, 0.4) is 0 Å². The molecule has 0 aliphatic heterocycles. The predicted molar refractivity (Wildman–Crippen MR) is 51.6 cm³/mol. The van der Waals surface area contributed by atoms with Gasteiger partial charge in [-0.05, 0) is 12.5 Å². The fraction of sp³-hybridized carbons (Fsp3) is 0.500. The molecule has 84 valence electrons. The highest BCUT2D eigenvalue weighted by Crippen LogP contribution is 2.57. The molecule has 14 heavy (non-hydrogen) atoms. The van der Waals surface area contributed by atoms with E-state index in [9.17, 15) is 9.13 Å². The standard InChI is InChI=1S/C4H9BrO7P2/c5-3-1-2-4-11-14(9,10)12-13(6,7)8/h2,4H,1,3H2,(H,9,10)(H2,6,7,8). The number of rotatable bonds is 6. The van der Waals surface area contributed by atoms with Crippen LogP contribution in [0.25, 0.3) is 0 Å². The zero-order chi connectivity index (χ0) is 11.2. The maximum atomic E-state index is 10.7. The molecule has 0 fully saturated rings. The monoisotopic (exact) mass is 310 g/mol. The lowest BCUT2D eigenvalue weighted by atomic mass is 10.5. The number of hydrogen-bond donors (Lipinski definition) is 3. The molecule has 0 rings (SSSR count). The summed E-state index contributed by atoms with van der Waals surface area (Å²) < 4.78 is 28.5. The summed E-state index contributed by atoms with van der Waals surface area (Å²) in [5.41, 5.74) is 0. The fourth-order valence-electron chi connectivity index (χ4n) is 0.405. The van der Waals surface area contributed by atoms with Crippen LogP contribution in [0.2, 0.25) is 0 Å². The molecule has 0 spiro atoms. The summed E-state index contributed by atoms with van der Waals surface area (Å²) in [5.74, 6) is 0. The Morgan fingerprint density at radius 3 is 2.29 bits per heavy atom. The summed E-state index contributed by atoms with van der Waals surface area (Å²) in [5, 5.41) is 0.627. The highest BCUT2D eigenvalue weighted by atomic mass is 79.9. The third kappa shape index (κ3) is 8.90. The third-order valence-corrected chi connectivity index (χ3v) is 3.30. The Balaban J connectivity index is 4.09. The van der Waals surface area contributed by atoms with Crippen LogP contribution >= 0.6 is 31.6 Å². The summed E-state index contributed by atoms with van der Waals surface area (Å²) in [7, 11) is -9.74. The van der Waals surface area contributed by atoms with Crippen molar-refractivity contribution in [2.75, 3.05) is 5.33 Å².